The van der Waals surface area contributed by atoms with Crippen molar-refractivity contribution in [3.63, 3.8) is 0 Å². The van der Waals surface area contributed by atoms with Gasteiger partial charge in [0.2, 0.25) is 0 Å². The fraction of sp³-hybridized carbons (Fsp3) is 1.00. The van der Waals surface area contributed by atoms with Crippen LogP contribution in [0.5, 0.6) is 0 Å². The second kappa shape index (κ2) is 4.01. The second-order valence-electron chi connectivity index (χ2n) is 3.61. The fourth-order valence-corrected chi connectivity index (χ4v) is 1.82. The molecule has 1 saturated carbocycles. The molecule has 84 valence electrons. The monoisotopic (exact) mass is 214 g/mol. The van der Waals surface area contributed by atoms with E-state index in [4.69, 9.17) is 16.1 Å². The third kappa shape index (κ3) is 2.57. The van der Waals surface area contributed by atoms with Crippen molar-refractivity contribution >= 4 is 0 Å². The van der Waals surface area contributed by atoms with Crippen molar-refractivity contribution in [2.75, 3.05) is 0 Å². The zero-order valence-electron chi connectivity index (χ0n) is 7.41. The van der Waals surface area contributed by atoms with Crippen LogP contribution in [-0.2, 0) is 0 Å². The number of hydrogen-bond donors (Lipinski definition) is 3. The molecule has 4 nitrogen and oxygen atoms in total. The highest BCUT2D eigenvalue weighted by atomic mass is 19.4. The minimum Gasteiger partial charge on any atom is -0.328 e. The summed E-state index contributed by atoms with van der Waals surface area (Å²) in [6.45, 7) is 0. The molecule has 0 bridgehead atoms. The predicted molar refractivity (Wildman–Crippen MR) is 40.6 cm³/mol. The van der Waals surface area contributed by atoms with Crippen LogP contribution in [0.1, 0.15) is 19.3 Å². The molecule has 1 aliphatic carbocycles. The van der Waals surface area contributed by atoms with Gasteiger partial charge in [0.15, 0.2) is 0 Å². The minimum absolute atomic E-state index is 0.0400. The van der Waals surface area contributed by atoms with Gasteiger partial charge >= 0.3 is 6.18 Å². The van der Waals surface area contributed by atoms with Crippen LogP contribution < -0.4 is 5.73 Å². The van der Waals surface area contributed by atoms with Gasteiger partial charge in [-0.2, -0.15) is 13.2 Å². The Hall–Kier alpha value is -0.370. The lowest BCUT2D eigenvalue weighted by Crippen LogP contribution is -2.49. The van der Waals surface area contributed by atoms with E-state index >= 15 is 0 Å². The molecule has 3 atom stereocenters. The van der Waals surface area contributed by atoms with E-state index in [-0.39, 0.29) is 18.1 Å². The molecule has 0 radical (unpaired) electrons. The molecule has 1 fully saturated rings. The molecule has 0 heterocycles. The molecular weight excluding hydrogens is 201 g/mol. The number of hydrogen-bond acceptors (Lipinski definition) is 4. The highest BCUT2D eigenvalue weighted by Gasteiger charge is 2.49. The third-order valence-corrected chi connectivity index (χ3v) is 2.57. The van der Waals surface area contributed by atoms with E-state index in [1.165, 1.54) is 0 Å². The van der Waals surface area contributed by atoms with Gasteiger partial charge in [0, 0.05) is 6.04 Å². The summed E-state index contributed by atoms with van der Waals surface area (Å²) >= 11 is 0. The van der Waals surface area contributed by atoms with Crippen molar-refractivity contribution in [2.24, 2.45) is 11.7 Å². The first-order chi connectivity index (χ1) is 6.32. The molecule has 1 aliphatic rings. The van der Waals surface area contributed by atoms with Crippen LogP contribution in [0.4, 0.5) is 13.2 Å². The van der Waals surface area contributed by atoms with Crippen LogP contribution >= 0.6 is 0 Å². The summed E-state index contributed by atoms with van der Waals surface area (Å²) in [5.74, 6) is -1.76. The average Bonchev–Trinajstić information content (AvgIpc) is 2.01. The van der Waals surface area contributed by atoms with Gasteiger partial charge in [0.05, 0.1) is 12.0 Å². The van der Waals surface area contributed by atoms with E-state index in [1.54, 1.807) is 0 Å². The smallest absolute Gasteiger partial charge is 0.328 e. The first kappa shape index (κ1) is 11.7. The zero-order valence-corrected chi connectivity index (χ0v) is 7.41. The second-order valence-corrected chi connectivity index (χ2v) is 3.61. The minimum atomic E-state index is -4.44. The van der Waals surface area contributed by atoms with Crippen LogP contribution in [0.3, 0.4) is 0 Å². The predicted octanol–water partition coefficient (Wildman–Crippen LogP) is 1.13. The standard InChI is InChI=1S/C7H13F3N2O2/c8-7(9,10)5-3-4(11)1-2-6(5)12(13)14/h4-6,13-14H,1-3,11H2. The van der Waals surface area contributed by atoms with Gasteiger partial charge in [-0.25, -0.2) is 0 Å². The highest BCUT2D eigenvalue weighted by molar-refractivity contribution is 4.88. The van der Waals surface area contributed by atoms with E-state index in [0.717, 1.165) is 0 Å². The van der Waals surface area contributed by atoms with Crippen LogP contribution in [0.25, 0.3) is 0 Å². The van der Waals surface area contributed by atoms with Gasteiger partial charge in [-0.3, -0.25) is 10.4 Å². The van der Waals surface area contributed by atoms with E-state index in [0.29, 0.717) is 6.42 Å². The quantitative estimate of drug-likeness (QED) is 0.572. The first-order valence-corrected chi connectivity index (χ1v) is 4.31. The molecule has 0 aromatic rings. The van der Waals surface area contributed by atoms with Crippen LogP contribution in [0.15, 0.2) is 0 Å². The van der Waals surface area contributed by atoms with Gasteiger partial charge in [0.25, 0.3) is 0 Å². The Balaban J connectivity index is 2.74. The average molecular weight is 214 g/mol. The molecule has 1 rings (SSSR count). The summed E-state index contributed by atoms with van der Waals surface area (Å²) in [7, 11) is 0. The van der Waals surface area contributed by atoms with Crippen molar-refractivity contribution in [2.45, 2.75) is 37.5 Å². The molecule has 0 aromatic carbocycles. The van der Waals surface area contributed by atoms with Gasteiger partial charge in [-0.1, -0.05) is 5.23 Å². The van der Waals surface area contributed by atoms with Crippen molar-refractivity contribution in [1.82, 2.24) is 5.23 Å². The maximum Gasteiger partial charge on any atom is 0.393 e. The van der Waals surface area contributed by atoms with Gasteiger partial charge in [-0.15, -0.1) is 0 Å². The molecule has 0 saturated heterocycles. The number of nitrogens with two attached hydrogens (primary N) is 1. The Kier molecular flexibility index (Phi) is 3.36. The van der Waals surface area contributed by atoms with Crippen molar-refractivity contribution in [3.05, 3.63) is 0 Å². The number of nitrogens with zero attached hydrogens (tertiary/aromatic N) is 1. The van der Waals surface area contributed by atoms with E-state index in [2.05, 4.69) is 0 Å². The Morgan fingerprint density at radius 2 is 1.79 bits per heavy atom. The SMILES string of the molecule is NC1CCC(N(O)O)C(C(F)(F)F)C1. The Morgan fingerprint density at radius 3 is 2.21 bits per heavy atom. The van der Waals surface area contributed by atoms with E-state index in [9.17, 15) is 13.2 Å². The normalized spacial score (nSPS) is 34.9. The third-order valence-electron chi connectivity index (χ3n) is 2.57. The summed E-state index contributed by atoms with van der Waals surface area (Å²) in [6.07, 6.45) is -4.29. The molecule has 3 unspecified atom stereocenters. The molecule has 4 N–H and O–H groups in total. The molecule has 0 aliphatic heterocycles. The number of alkyl halides is 3. The maximum atomic E-state index is 12.4. The summed E-state index contributed by atoms with van der Waals surface area (Å²) < 4.78 is 37.3. The molecule has 14 heavy (non-hydrogen) atoms. The molecular formula is C7H13F3N2O2. The molecule has 0 aromatic heterocycles. The van der Waals surface area contributed by atoms with Gasteiger partial charge in [0.1, 0.15) is 0 Å². The topological polar surface area (TPSA) is 69.7 Å². The van der Waals surface area contributed by atoms with E-state index in [1.807, 2.05) is 0 Å². The lowest BCUT2D eigenvalue weighted by atomic mass is 9.81. The first-order valence-electron chi connectivity index (χ1n) is 4.31. The van der Waals surface area contributed by atoms with Gasteiger partial charge in [-0.05, 0) is 19.3 Å². The summed E-state index contributed by atoms with van der Waals surface area (Å²) in [6, 6.07) is -1.81. The Labute approximate surface area is 79.0 Å². The Morgan fingerprint density at radius 1 is 1.21 bits per heavy atom. The van der Waals surface area contributed by atoms with Crippen LogP contribution in [0.2, 0.25) is 0 Å². The largest absolute Gasteiger partial charge is 0.393 e. The zero-order chi connectivity index (χ0) is 10.9. The maximum absolute atomic E-state index is 12.4. The lowest BCUT2D eigenvalue weighted by Gasteiger charge is -2.36. The van der Waals surface area contributed by atoms with Crippen molar-refractivity contribution < 1.29 is 23.6 Å². The molecule has 0 amide bonds. The molecule has 7 heteroatoms. The van der Waals surface area contributed by atoms with Crippen LogP contribution in [0, 0.1) is 5.92 Å². The number of hydroxylamine groups is 2. The van der Waals surface area contributed by atoms with Crippen molar-refractivity contribution in [1.29, 1.82) is 0 Å². The lowest BCUT2D eigenvalue weighted by molar-refractivity contribution is -0.360. The molecule has 0 spiro atoms. The summed E-state index contributed by atoms with van der Waals surface area (Å²) in [4.78, 5) is 0. The van der Waals surface area contributed by atoms with Gasteiger partial charge < -0.3 is 5.73 Å². The summed E-state index contributed by atoms with van der Waals surface area (Å²) in [5, 5.41) is 16.9. The number of halogens is 3. The van der Waals surface area contributed by atoms with Crippen molar-refractivity contribution in [3.8, 4) is 0 Å². The van der Waals surface area contributed by atoms with E-state index < -0.39 is 24.2 Å². The Bertz CT molecular complexity index is 198. The van der Waals surface area contributed by atoms with Crippen LogP contribution in [-0.4, -0.2) is 33.9 Å². The highest BCUT2D eigenvalue weighted by Crippen LogP contribution is 2.38. The fourth-order valence-electron chi connectivity index (χ4n) is 1.82. The summed E-state index contributed by atoms with van der Waals surface area (Å²) in [5.41, 5.74) is 5.40. The number of rotatable bonds is 1.